The normalized spacial score (nSPS) is 10.9. The van der Waals surface area contributed by atoms with Crippen molar-refractivity contribution in [2.24, 2.45) is 5.41 Å². The van der Waals surface area contributed by atoms with Gasteiger partial charge in [-0.2, -0.15) is 0 Å². The van der Waals surface area contributed by atoms with Crippen LogP contribution in [-0.2, 0) is 4.79 Å². The third-order valence-electron chi connectivity index (χ3n) is 3.66. The molecule has 3 N–H and O–H groups in total. The van der Waals surface area contributed by atoms with Crippen molar-refractivity contribution in [2.75, 3.05) is 10.6 Å². The average molecular weight is 355 g/mol. The number of benzene rings is 1. The quantitative estimate of drug-likeness (QED) is 0.779. The highest BCUT2D eigenvalue weighted by molar-refractivity contribution is 6.05. The number of carboxylic acids is 1. The molecule has 7 heteroatoms. The molecule has 2 rings (SSSR count). The number of carbonyl (C=O) groups excluding carboxylic acids is 2. The molecule has 0 fully saturated rings. The standard InChI is InChI=1S/C19H21N3O4/c1-11-5-6-13(21-18(26)19(2,3)4)10-14(11)22-16(23)15-9-12(17(24)25)7-8-20-15/h5-10H,1-4H3,(H,21,26)(H,22,23)(H,24,25). The Morgan fingerprint density at radius 3 is 2.35 bits per heavy atom. The molecule has 1 aromatic carbocycles. The van der Waals surface area contributed by atoms with Crippen LogP contribution >= 0.6 is 0 Å². The molecule has 0 aliphatic rings. The molecule has 0 unspecified atom stereocenters. The Morgan fingerprint density at radius 2 is 1.73 bits per heavy atom. The number of carbonyl (C=O) groups is 3. The summed E-state index contributed by atoms with van der Waals surface area (Å²) in [5.74, 6) is -1.81. The summed E-state index contributed by atoms with van der Waals surface area (Å²) in [4.78, 5) is 39.4. The molecular weight excluding hydrogens is 334 g/mol. The number of hydrogen-bond donors (Lipinski definition) is 3. The second-order valence-corrected chi connectivity index (χ2v) is 6.92. The molecule has 0 spiro atoms. The number of anilines is 2. The van der Waals surface area contributed by atoms with Gasteiger partial charge in [0, 0.05) is 23.0 Å². The van der Waals surface area contributed by atoms with Crippen LogP contribution in [0.2, 0.25) is 0 Å². The molecule has 0 bridgehead atoms. The smallest absolute Gasteiger partial charge is 0.335 e. The highest BCUT2D eigenvalue weighted by atomic mass is 16.4. The van der Waals surface area contributed by atoms with E-state index in [4.69, 9.17) is 5.11 Å². The van der Waals surface area contributed by atoms with Gasteiger partial charge in [0.2, 0.25) is 5.91 Å². The van der Waals surface area contributed by atoms with Crippen molar-refractivity contribution in [3.63, 3.8) is 0 Å². The highest BCUT2D eigenvalue weighted by Gasteiger charge is 2.21. The predicted octanol–water partition coefficient (Wildman–Crippen LogP) is 3.33. The fourth-order valence-corrected chi connectivity index (χ4v) is 2.03. The fourth-order valence-electron chi connectivity index (χ4n) is 2.03. The Morgan fingerprint density at radius 1 is 1.04 bits per heavy atom. The van der Waals surface area contributed by atoms with Gasteiger partial charge in [0.25, 0.3) is 5.91 Å². The van der Waals surface area contributed by atoms with E-state index < -0.39 is 17.3 Å². The van der Waals surface area contributed by atoms with E-state index in [1.54, 1.807) is 39.0 Å². The number of carboxylic acid groups (broad SMARTS) is 1. The van der Waals surface area contributed by atoms with Crippen LogP contribution < -0.4 is 10.6 Å². The maximum absolute atomic E-state index is 12.4. The first-order valence-electron chi connectivity index (χ1n) is 8.01. The molecule has 136 valence electrons. The first-order valence-corrected chi connectivity index (χ1v) is 8.01. The molecular formula is C19H21N3O4. The van der Waals surface area contributed by atoms with Gasteiger partial charge in [-0.1, -0.05) is 26.8 Å². The summed E-state index contributed by atoms with van der Waals surface area (Å²) in [7, 11) is 0. The number of aryl methyl sites for hydroxylation is 1. The van der Waals surface area contributed by atoms with Crippen molar-refractivity contribution in [2.45, 2.75) is 27.7 Å². The van der Waals surface area contributed by atoms with Gasteiger partial charge in [-0.05, 0) is 36.8 Å². The van der Waals surface area contributed by atoms with E-state index in [0.717, 1.165) is 5.56 Å². The summed E-state index contributed by atoms with van der Waals surface area (Å²) in [5, 5.41) is 14.5. The molecule has 0 aliphatic carbocycles. The number of aromatic carboxylic acids is 1. The van der Waals surface area contributed by atoms with Crippen LogP contribution in [-0.4, -0.2) is 27.9 Å². The van der Waals surface area contributed by atoms with Gasteiger partial charge in [-0.15, -0.1) is 0 Å². The number of amides is 2. The molecule has 0 aliphatic heterocycles. The number of aromatic nitrogens is 1. The zero-order chi connectivity index (χ0) is 19.5. The van der Waals surface area contributed by atoms with E-state index in [1.165, 1.54) is 18.3 Å². The number of nitrogens with one attached hydrogen (secondary N) is 2. The van der Waals surface area contributed by atoms with Crippen molar-refractivity contribution >= 4 is 29.2 Å². The summed E-state index contributed by atoms with van der Waals surface area (Å²) in [6, 6.07) is 7.69. The van der Waals surface area contributed by atoms with Crippen molar-refractivity contribution in [1.82, 2.24) is 4.98 Å². The van der Waals surface area contributed by atoms with Crippen molar-refractivity contribution < 1.29 is 19.5 Å². The third kappa shape index (κ3) is 4.66. The lowest BCUT2D eigenvalue weighted by molar-refractivity contribution is -0.123. The summed E-state index contributed by atoms with van der Waals surface area (Å²) < 4.78 is 0. The zero-order valence-electron chi connectivity index (χ0n) is 15.1. The fraction of sp³-hybridized carbons (Fsp3) is 0.263. The van der Waals surface area contributed by atoms with E-state index in [9.17, 15) is 14.4 Å². The van der Waals surface area contributed by atoms with Gasteiger partial charge in [0.15, 0.2) is 0 Å². The van der Waals surface area contributed by atoms with Gasteiger partial charge >= 0.3 is 5.97 Å². The van der Waals surface area contributed by atoms with Crippen LogP contribution in [0.3, 0.4) is 0 Å². The van der Waals surface area contributed by atoms with Gasteiger partial charge in [-0.25, -0.2) is 4.79 Å². The predicted molar refractivity (Wildman–Crippen MR) is 98.4 cm³/mol. The SMILES string of the molecule is Cc1ccc(NC(=O)C(C)(C)C)cc1NC(=O)c1cc(C(=O)O)ccn1. The highest BCUT2D eigenvalue weighted by Crippen LogP contribution is 2.23. The van der Waals surface area contributed by atoms with Crippen LogP contribution in [0.15, 0.2) is 36.5 Å². The Kier molecular flexibility index (Phi) is 5.40. The van der Waals surface area contributed by atoms with Crippen molar-refractivity contribution in [1.29, 1.82) is 0 Å². The minimum Gasteiger partial charge on any atom is -0.478 e. The van der Waals surface area contributed by atoms with Crippen LogP contribution in [0.25, 0.3) is 0 Å². The lowest BCUT2D eigenvalue weighted by Crippen LogP contribution is -2.27. The van der Waals surface area contributed by atoms with Crippen LogP contribution in [0.5, 0.6) is 0 Å². The summed E-state index contributed by atoms with van der Waals surface area (Å²) in [5.41, 5.74) is 1.28. The Bertz CT molecular complexity index is 869. The molecule has 26 heavy (non-hydrogen) atoms. The number of hydrogen-bond acceptors (Lipinski definition) is 4. The van der Waals surface area contributed by atoms with Gasteiger partial charge in [0.1, 0.15) is 5.69 Å². The number of nitrogens with zero attached hydrogens (tertiary/aromatic N) is 1. The Balaban J connectivity index is 2.22. The van der Waals surface area contributed by atoms with Crippen LogP contribution in [0, 0.1) is 12.3 Å². The van der Waals surface area contributed by atoms with Gasteiger partial charge < -0.3 is 15.7 Å². The maximum atomic E-state index is 12.4. The van der Waals surface area contributed by atoms with Crippen LogP contribution in [0.1, 0.15) is 47.2 Å². The molecule has 1 aromatic heterocycles. The monoisotopic (exact) mass is 355 g/mol. The first kappa shape index (κ1) is 19.1. The van der Waals surface area contributed by atoms with Gasteiger partial charge in [0.05, 0.1) is 5.56 Å². The molecule has 2 aromatic rings. The third-order valence-corrected chi connectivity index (χ3v) is 3.66. The number of pyridine rings is 1. The van der Waals surface area contributed by atoms with E-state index in [1.807, 2.05) is 6.92 Å². The van der Waals surface area contributed by atoms with E-state index in [2.05, 4.69) is 15.6 Å². The van der Waals surface area contributed by atoms with E-state index in [0.29, 0.717) is 11.4 Å². The molecule has 0 saturated carbocycles. The second kappa shape index (κ2) is 7.35. The summed E-state index contributed by atoms with van der Waals surface area (Å²) >= 11 is 0. The molecule has 0 saturated heterocycles. The minimum atomic E-state index is -1.13. The summed E-state index contributed by atoms with van der Waals surface area (Å²) in [6.07, 6.45) is 1.27. The molecule has 0 radical (unpaired) electrons. The maximum Gasteiger partial charge on any atom is 0.335 e. The molecule has 7 nitrogen and oxygen atoms in total. The molecule has 1 heterocycles. The van der Waals surface area contributed by atoms with E-state index >= 15 is 0 Å². The largest absolute Gasteiger partial charge is 0.478 e. The lowest BCUT2D eigenvalue weighted by atomic mass is 9.95. The average Bonchev–Trinajstić information content (AvgIpc) is 2.57. The minimum absolute atomic E-state index is 0.00608. The van der Waals surface area contributed by atoms with Crippen LogP contribution in [0.4, 0.5) is 11.4 Å². The lowest BCUT2D eigenvalue weighted by Gasteiger charge is -2.18. The number of rotatable bonds is 4. The van der Waals surface area contributed by atoms with E-state index in [-0.39, 0.29) is 17.2 Å². The first-order chi connectivity index (χ1) is 12.1. The van der Waals surface area contributed by atoms with Crippen molar-refractivity contribution in [3.05, 3.63) is 53.3 Å². The topological polar surface area (TPSA) is 108 Å². The van der Waals surface area contributed by atoms with Gasteiger partial charge in [-0.3, -0.25) is 14.6 Å². The summed E-state index contributed by atoms with van der Waals surface area (Å²) in [6.45, 7) is 7.23. The molecule has 0 atom stereocenters. The second-order valence-electron chi connectivity index (χ2n) is 6.92. The molecule has 2 amide bonds. The Labute approximate surface area is 151 Å². The van der Waals surface area contributed by atoms with Crippen molar-refractivity contribution in [3.8, 4) is 0 Å². The zero-order valence-corrected chi connectivity index (χ0v) is 15.1. The Hall–Kier alpha value is -3.22.